The first-order chi connectivity index (χ1) is 13.8. The van der Waals surface area contributed by atoms with Gasteiger partial charge in [-0.25, -0.2) is 0 Å². The van der Waals surface area contributed by atoms with E-state index in [0.29, 0.717) is 17.2 Å². The van der Waals surface area contributed by atoms with Crippen LogP contribution >= 0.6 is 11.8 Å². The van der Waals surface area contributed by atoms with Crippen LogP contribution in [0.2, 0.25) is 0 Å². The number of nitriles is 2. The zero-order chi connectivity index (χ0) is 20.3. The molecule has 1 rings (SSSR count). The summed E-state index contributed by atoms with van der Waals surface area (Å²) >= 11 is 1.81. The number of allylic oxidation sites excluding steroid dienone is 3. The van der Waals surface area contributed by atoms with Gasteiger partial charge in [0.05, 0.1) is 17.7 Å². The van der Waals surface area contributed by atoms with Crippen LogP contribution in [0.3, 0.4) is 0 Å². The average Bonchev–Trinajstić information content (AvgIpc) is 2.72. The molecule has 0 saturated carbocycles. The van der Waals surface area contributed by atoms with Crippen molar-refractivity contribution in [2.24, 2.45) is 0 Å². The zero-order valence-corrected chi connectivity index (χ0v) is 18.1. The smallest absolute Gasteiger partial charge is 0.0991 e. The summed E-state index contributed by atoms with van der Waals surface area (Å²) in [7, 11) is 0. The van der Waals surface area contributed by atoms with Crippen molar-refractivity contribution in [3.05, 3.63) is 59.7 Å². The highest BCUT2D eigenvalue weighted by Crippen LogP contribution is 2.20. The zero-order valence-electron chi connectivity index (χ0n) is 17.3. The van der Waals surface area contributed by atoms with Crippen LogP contribution in [0.4, 0.5) is 0 Å². The third-order valence-electron chi connectivity index (χ3n) is 4.59. The molecule has 28 heavy (non-hydrogen) atoms. The first-order valence-electron chi connectivity index (χ1n) is 10.6. The molecular weight excluding hydrogens is 360 g/mol. The molecule has 0 radical (unpaired) electrons. The fourth-order valence-corrected chi connectivity index (χ4v) is 4.04. The molecule has 1 unspecified atom stereocenters. The monoisotopic (exact) mass is 394 g/mol. The normalized spacial score (nSPS) is 12.2. The van der Waals surface area contributed by atoms with Crippen LogP contribution in [0.5, 0.6) is 0 Å². The van der Waals surface area contributed by atoms with Crippen LogP contribution < -0.4 is 0 Å². The van der Waals surface area contributed by atoms with Crippen molar-refractivity contribution in [1.82, 2.24) is 0 Å². The lowest BCUT2D eigenvalue weighted by molar-refractivity contribution is 0.592. The quantitative estimate of drug-likeness (QED) is 0.230. The summed E-state index contributed by atoms with van der Waals surface area (Å²) in [6.45, 7) is 2.26. The maximum Gasteiger partial charge on any atom is 0.0991 e. The van der Waals surface area contributed by atoms with E-state index in [1.54, 1.807) is 0 Å². The Morgan fingerprint density at radius 2 is 1.82 bits per heavy atom. The second-order valence-corrected chi connectivity index (χ2v) is 8.40. The van der Waals surface area contributed by atoms with Crippen LogP contribution in [0, 0.1) is 22.7 Å². The first kappa shape index (κ1) is 24.1. The lowest BCUT2D eigenvalue weighted by Crippen LogP contribution is -2.04. The van der Waals surface area contributed by atoms with Crippen LogP contribution in [-0.4, -0.2) is 11.0 Å². The molecule has 0 aromatic heterocycles. The summed E-state index contributed by atoms with van der Waals surface area (Å²) in [4.78, 5) is 0. The third kappa shape index (κ3) is 12.4. The van der Waals surface area contributed by atoms with Gasteiger partial charge in [0.15, 0.2) is 0 Å². The van der Waals surface area contributed by atoms with Gasteiger partial charge in [0.25, 0.3) is 0 Å². The fourth-order valence-electron chi connectivity index (χ4n) is 3.02. The molecule has 0 N–H and O–H groups in total. The minimum absolute atomic E-state index is 0.325. The maximum atomic E-state index is 9.07. The van der Waals surface area contributed by atoms with E-state index in [0.717, 1.165) is 18.6 Å². The minimum Gasteiger partial charge on any atom is -0.198 e. The van der Waals surface area contributed by atoms with Crippen molar-refractivity contribution < 1.29 is 0 Å². The predicted molar refractivity (Wildman–Crippen MR) is 122 cm³/mol. The SMILES string of the molecule is CCCCCCCCC/C=C/C=C/C(Cc1cccc(C#N)c1)SCCC#N. The van der Waals surface area contributed by atoms with E-state index in [-0.39, 0.29) is 0 Å². The van der Waals surface area contributed by atoms with E-state index < -0.39 is 0 Å². The Hall–Kier alpha value is -1.97. The molecule has 0 spiro atoms. The third-order valence-corrected chi connectivity index (χ3v) is 5.78. The molecule has 0 aliphatic carbocycles. The van der Waals surface area contributed by atoms with Crippen molar-refractivity contribution in [3.8, 4) is 12.1 Å². The largest absolute Gasteiger partial charge is 0.198 e. The summed E-state index contributed by atoms with van der Waals surface area (Å²) < 4.78 is 0. The Morgan fingerprint density at radius 3 is 2.57 bits per heavy atom. The van der Waals surface area contributed by atoms with Crippen LogP contribution in [0.25, 0.3) is 0 Å². The molecule has 1 atom stereocenters. The summed E-state index contributed by atoms with van der Waals surface area (Å²) in [6, 6.07) is 12.2. The second kappa shape index (κ2) is 17.2. The molecule has 0 heterocycles. The van der Waals surface area contributed by atoms with Crippen molar-refractivity contribution in [1.29, 1.82) is 10.5 Å². The van der Waals surface area contributed by atoms with Crippen LogP contribution in [0.15, 0.2) is 48.6 Å². The van der Waals surface area contributed by atoms with Crippen molar-refractivity contribution >= 4 is 11.8 Å². The Bertz CT molecular complexity index is 664. The van der Waals surface area contributed by atoms with Crippen LogP contribution in [0.1, 0.15) is 75.8 Å². The fraction of sp³-hybridized carbons (Fsp3) is 0.520. The molecule has 0 amide bonds. The number of nitrogens with zero attached hydrogens (tertiary/aromatic N) is 2. The lowest BCUT2D eigenvalue weighted by Gasteiger charge is -2.12. The molecule has 0 saturated heterocycles. The van der Waals surface area contributed by atoms with E-state index in [1.165, 1.54) is 50.5 Å². The highest BCUT2D eigenvalue weighted by molar-refractivity contribution is 8.00. The second-order valence-electron chi connectivity index (χ2n) is 7.06. The topological polar surface area (TPSA) is 47.6 Å². The van der Waals surface area contributed by atoms with Gasteiger partial charge in [-0.3, -0.25) is 0 Å². The molecule has 1 aromatic rings. The standard InChI is InChI=1S/C25H34N2S/c1-2-3-4-5-6-7-8-9-10-11-12-17-25(28-19-14-18-26)21-23-15-13-16-24(20-23)22-27/h10-13,15-17,20,25H,2-9,14,19,21H2,1H3/b11-10+,17-12+. The molecular formula is C25H34N2S. The Labute approximate surface area is 176 Å². The maximum absolute atomic E-state index is 9.07. The van der Waals surface area contributed by atoms with Crippen molar-refractivity contribution in [2.75, 3.05) is 5.75 Å². The number of hydrogen-bond acceptors (Lipinski definition) is 3. The van der Waals surface area contributed by atoms with Gasteiger partial charge in [-0.1, -0.05) is 81.9 Å². The molecule has 150 valence electrons. The van der Waals surface area contributed by atoms with Gasteiger partial charge in [-0.15, -0.1) is 0 Å². The van der Waals surface area contributed by atoms with Gasteiger partial charge in [-0.05, 0) is 37.0 Å². The molecule has 1 aromatic carbocycles. The van der Waals surface area contributed by atoms with Gasteiger partial charge in [0, 0.05) is 17.4 Å². The molecule has 0 fully saturated rings. The molecule has 2 nitrogen and oxygen atoms in total. The Morgan fingerprint density at radius 1 is 1.04 bits per heavy atom. The number of unbranched alkanes of at least 4 members (excludes halogenated alkanes) is 7. The molecule has 0 bridgehead atoms. The van der Waals surface area contributed by atoms with Crippen molar-refractivity contribution in [3.63, 3.8) is 0 Å². The summed E-state index contributed by atoms with van der Waals surface area (Å²) in [5.41, 5.74) is 1.88. The van der Waals surface area contributed by atoms with Gasteiger partial charge in [0.2, 0.25) is 0 Å². The number of thioether (sulfide) groups is 1. The number of rotatable bonds is 15. The number of hydrogen-bond donors (Lipinski definition) is 0. The Kier molecular flexibility index (Phi) is 14.7. The summed E-state index contributed by atoms with van der Waals surface area (Å²) in [6.07, 6.45) is 20.8. The summed E-state index contributed by atoms with van der Waals surface area (Å²) in [5, 5.41) is 18.2. The van der Waals surface area contributed by atoms with E-state index in [4.69, 9.17) is 10.5 Å². The average molecular weight is 395 g/mol. The Balaban J connectivity index is 2.39. The highest BCUT2D eigenvalue weighted by atomic mass is 32.2. The van der Waals surface area contributed by atoms with Gasteiger partial charge in [-0.2, -0.15) is 22.3 Å². The van der Waals surface area contributed by atoms with E-state index in [9.17, 15) is 0 Å². The number of benzene rings is 1. The van der Waals surface area contributed by atoms with E-state index >= 15 is 0 Å². The molecule has 0 aliphatic rings. The molecule has 0 aliphatic heterocycles. The van der Waals surface area contributed by atoms with E-state index in [1.807, 2.05) is 30.0 Å². The predicted octanol–water partition coefficient (Wildman–Crippen LogP) is 7.37. The van der Waals surface area contributed by atoms with Gasteiger partial charge >= 0.3 is 0 Å². The van der Waals surface area contributed by atoms with Crippen molar-refractivity contribution in [2.45, 2.75) is 76.4 Å². The van der Waals surface area contributed by atoms with Crippen LogP contribution in [-0.2, 0) is 6.42 Å². The van der Waals surface area contributed by atoms with Gasteiger partial charge in [0.1, 0.15) is 0 Å². The first-order valence-corrected chi connectivity index (χ1v) is 11.7. The lowest BCUT2D eigenvalue weighted by atomic mass is 10.1. The van der Waals surface area contributed by atoms with Gasteiger partial charge < -0.3 is 0 Å². The highest BCUT2D eigenvalue weighted by Gasteiger charge is 2.07. The van der Waals surface area contributed by atoms with E-state index in [2.05, 4.69) is 49.4 Å². The summed E-state index contributed by atoms with van der Waals surface area (Å²) in [5.74, 6) is 0.838. The molecule has 3 heteroatoms. The minimum atomic E-state index is 0.325.